The van der Waals surface area contributed by atoms with Gasteiger partial charge in [0.1, 0.15) is 13.2 Å². The van der Waals surface area contributed by atoms with Crippen LogP contribution in [0.4, 0.5) is 4.79 Å². The number of ether oxygens (including phenoxy) is 1. The summed E-state index contributed by atoms with van der Waals surface area (Å²) in [7, 11) is 0. The van der Waals surface area contributed by atoms with E-state index in [1.54, 1.807) is 0 Å². The fraction of sp³-hybridized carbons (Fsp3) is 0.556. The second-order valence-electron chi connectivity index (χ2n) is 5.95. The summed E-state index contributed by atoms with van der Waals surface area (Å²) in [4.78, 5) is 28.1. The molecule has 132 valence electrons. The SMILES string of the molecule is O=C1CN(C(=O)OCc2ccccc2)CCCCN1CCCCBr. The Balaban J connectivity index is 1.85. The van der Waals surface area contributed by atoms with Crippen molar-refractivity contribution in [1.29, 1.82) is 0 Å². The van der Waals surface area contributed by atoms with Crippen LogP contribution in [0, 0.1) is 0 Å². The Morgan fingerprint density at radius 3 is 2.62 bits per heavy atom. The predicted octanol–water partition coefficient (Wildman–Crippen LogP) is 3.42. The molecule has 1 saturated heterocycles. The van der Waals surface area contributed by atoms with E-state index in [0.29, 0.717) is 6.54 Å². The maximum atomic E-state index is 12.4. The molecule has 0 bridgehead atoms. The second kappa shape index (κ2) is 10.3. The first-order valence-corrected chi connectivity index (χ1v) is 9.62. The Hall–Kier alpha value is -1.56. The zero-order valence-corrected chi connectivity index (χ0v) is 15.5. The van der Waals surface area contributed by atoms with E-state index in [9.17, 15) is 9.59 Å². The van der Waals surface area contributed by atoms with Gasteiger partial charge < -0.3 is 9.64 Å². The third-order valence-corrected chi connectivity index (χ3v) is 4.62. The summed E-state index contributed by atoms with van der Waals surface area (Å²) in [5.41, 5.74) is 0.945. The fourth-order valence-electron chi connectivity index (χ4n) is 2.67. The first kappa shape index (κ1) is 18.8. The van der Waals surface area contributed by atoms with Gasteiger partial charge in [0.2, 0.25) is 5.91 Å². The highest BCUT2D eigenvalue weighted by Gasteiger charge is 2.24. The highest BCUT2D eigenvalue weighted by Crippen LogP contribution is 2.10. The van der Waals surface area contributed by atoms with Crippen LogP contribution in [-0.2, 0) is 16.1 Å². The number of hydrogen-bond acceptors (Lipinski definition) is 3. The van der Waals surface area contributed by atoms with E-state index in [2.05, 4.69) is 15.9 Å². The van der Waals surface area contributed by atoms with Gasteiger partial charge in [-0.25, -0.2) is 4.79 Å². The number of benzene rings is 1. The van der Waals surface area contributed by atoms with Crippen LogP contribution in [0.1, 0.15) is 31.2 Å². The highest BCUT2D eigenvalue weighted by atomic mass is 79.9. The summed E-state index contributed by atoms with van der Waals surface area (Å²) < 4.78 is 5.36. The number of unbranched alkanes of at least 4 members (excludes halogenated alkanes) is 1. The maximum absolute atomic E-state index is 12.4. The molecule has 1 aliphatic heterocycles. The second-order valence-corrected chi connectivity index (χ2v) is 6.74. The van der Waals surface area contributed by atoms with Crippen molar-refractivity contribution in [2.75, 3.05) is 31.5 Å². The van der Waals surface area contributed by atoms with E-state index >= 15 is 0 Å². The van der Waals surface area contributed by atoms with Crippen LogP contribution >= 0.6 is 15.9 Å². The molecular weight excluding hydrogens is 372 g/mol. The minimum atomic E-state index is -0.408. The molecule has 0 unspecified atom stereocenters. The number of nitrogens with zero attached hydrogens (tertiary/aromatic N) is 2. The van der Waals surface area contributed by atoms with Crippen LogP contribution in [0.2, 0.25) is 0 Å². The number of halogens is 1. The largest absolute Gasteiger partial charge is 0.445 e. The van der Waals surface area contributed by atoms with E-state index < -0.39 is 6.09 Å². The number of carbonyl (C=O) groups excluding carboxylic acids is 2. The summed E-state index contributed by atoms with van der Waals surface area (Å²) in [6.45, 7) is 2.47. The standard InChI is InChI=1S/C18H25BrN2O3/c19-10-4-5-11-20-12-6-7-13-21(14-17(20)22)18(23)24-15-16-8-2-1-3-9-16/h1-3,8-9H,4-7,10-15H2. The maximum Gasteiger partial charge on any atom is 0.410 e. The first-order valence-electron chi connectivity index (χ1n) is 8.50. The Kier molecular flexibility index (Phi) is 8.08. The van der Waals surface area contributed by atoms with Gasteiger partial charge in [-0.3, -0.25) is 9.69 Å². The van der Waals surface area contributed by atoms with Crippen molar-refractivity contribution in [3.8, 4) is 0 Å². The summed E-state index contributed by atoms with van der Waals surface area (Å²) in [5, 5.41) is 0.951. The van der Waals surface area contributed by atoms with Gasteiger partial charge in [0.05, 0.1) is 0 Å². The summed E-state index contributed by atoms with van der Waals surface area (Å²) in [5.74, 6) is 0.0148. The average molecular weight is 397 g/mol. The summed E-state index contributed by atoms with van der Waals surface area (Å²) >= 11 is 3.41. The minimum Gasteiger partial charge on any atom is -0.445 e. The van der Waals surface area contributed by atoms with E-state index in [0.717, 1.165) is 49.7 Å². The first-order chi connectivity index (χ1) is 11.7. The Labute approximate surface area is 152 Å². The van der Waals surface area contributed by atoms with E-state index in [-0.39, 0.29) is 19.1 Å². The molecule has 0 radical (unpaired) electrons. The molecular formula is C18H25BrN2O3. The number of rotatable bonds is 6. The monoisotopic (exact) mass is 396 g/mol. The fourth-order valence-corrected chi connectivity index (χ4v) is 3.07. The molecule has 24 heavy (non-hydrogen) atoms. The van der Waals surface area contributed by atoms with Crippen molar-refractivity contribution >= 4 is 27.9 Å². The molecule has 0 saturated carbocycles. The lowest BCUT2D eigenvalue weighted by molar-refractivity contribution is -0.133. The van der Waals surface area contributed by atoms with Gasteiger partial charge in [0, 0.05) is 25.0 Å². The van der Waals surface area contributed by atoms with E-state index in [4.69, 9.17) is 4.74 Å². The van der Waals surface area contributed by atoms with Crippen LogP contribution in [0.3, 0.4) is 0 Å². The molecule has 1 aromatic rings. The quantitative estimate of drug-likeness (QED) is 0.546. The molecule has 2 amide bonds. The Morgan fingerprint density at radius 1 is 1.12 bits per heavy atom. The molecule has 0 spiro atoms. The van der Waals surface area contributed by atoms with Gasteiger partial charge in [-0.15, -0.1) is 0 Å². The number of amides is 2. The van der Waals surface area contributed by atoms with Gasteiger partial charge >= 0.3 is 6.09 Å². The number of hydrogen-bond donors (Lipinski definition) is 0. The molecule has 0 aromatic heterocycles. The smallest absolute Gasteiger partial charge is 0.410 e. The van der Waals surface area contributed by atoms with Gasteiger partial charge in [-0.2, -0.15) is 0 Å². The van der Waals surface area contributed by atoms with Crippen LogP contribution in [0.5, 0.6) is 0 Å². The Morgan fingerprint density at radius 2 is 1.88 bits per heavy atom. The topological polar surface area (TPSA) is 49.9 Å². The van der Waals surface area contributed by atoms with Crippen LogP contribution in [0.15, 0.2) is 30.3 Å². The Bertz CT molecular complexity index is 524. The molecule has 5 nitrogen and oxygen atoms in total. The summed E-state index contributed by atoms with van der Waals surface area (Å²) in [6.07, 6.45) is 3.43. The third kappa shape index (κ3) is 6.15. The van der Waals surface area contributed by atoms with Crippen molar-refractivity contribution in [1.82, 2.24) is 9.80 Å². The molecule has 1 fully saturated rings. The van der Waals surface area contributed by atoms with Crippen molar-refractivity contribution in [2.45, 2.75) is 32.3 Å². The van der Waals surface area contributed by atoms with Crippen molar-refractivity contribution in [3.05, 3.63) is 35.9 Å². The van der Waals surface area contributed by atoms with Gasteiger partial charge in [-0.1, -0.05) is 46.3 Å². The highest BCUT2D eigenvalue weighted by molar-refractivity contribution is 9.09. The molecule has 0 atom stereocenters. The lowest BCUT2D eigenvalue weighted by atomic mass is 10.2. The van der Waals surface area contributed by atoms with Crippen molar-refractivity contribution < 1.29 is 14.3 Å². The normalized spacial score (nSPS) is 15.8. The van der Waals surface area contributed by atoms with Crippen molar-refractivity contribution in [2.24, 2.45) is 0 Å². The van der Waals surface area contributed by atoms with Gasteiger partial charge in [-0.05, 0) is 31.2 Å². The van der Waals surface area contributed by atoms with E-state index in [1.165, 1.54) is 4.90 Å². The molecule has 1 heterocycles. The predicted molar refractivity (Wildman–Crippen MR) is 97.0 cm³/mol. The lowest BCUT2D eigenvalue weighted by Crippen LogP contribution is -2.46. The third-order valence-electron chi connectivity index (χ3n) is 4.06. The molecule has 6 heteroatoms. The zero-order chi connectivity index (χ0) is 17.2. The number of carbonyl (C=O) groups is 2. The van der Waals surface area contributed by atoms with Crippen molar-refractivity contribution in [3.63, 3.8) is 0 Å². The van der Waals surface area contributed by atoms with Crippen LogP contribution < -0.4 is 0 Å². The molecule has 0 aliphatic carbocycles. The van der Waals surface area contributed by atoms with E-state index in [1.807, 2.05) is 35.2 Å². The molecule has 1 aliphatic rings. The van der Waals surface area contributed by atoms with Crippen LogP contribution in [-0.4, -0.2) is 53.3 Å². The lowest BCUT2D eigenvalue weighted by Gasteiger charge is -2.30. The zero-order valence-electron chi connectivity index (χ0n) is 14.0. The molecule has 0 N–H and O–H groups in total. The molecule has 2 rings (SSSR count). The summed E-state index contributed by atoms with van der Waals surface area (Å²) in [6, 6.07) is 9.57. The minimum absolute atomic E-state index is 0.0148. The average Bonchev–Trinajstić information content (AvgIpc) is 2.59. The van der Waals surface area contributed by atoms with Gasteiger partial charge in [0.15, 0.2) is 0 Å². The van der Waals surface area contributed by atoms with Crippen LogP contribution in [0.25, 0.3) is 0 Å². The number of alkyl halides is 1. The molecule has 1 aromatic carbocycles. The van der Waals surface area contributed by atoms with Gasteiger partial charge in [0.25, 0.3) is 0 Å².